The molecule has 1 aromatic rings. The van der Waals surface area contributed by atoms with Gasteiger partial charge in [0.15, 0.2) is 0 Å². The van der Waals surface area contributed by atoms with Crippen molar-refractivity contribution >= 4 is 41.4 Å². The summed E-state index contributed by atoms with van der Waals surface area (Å²) < 4.78 is 16.4. The predicted octanol–water partition coefficient (Wildman–Crippen LogP) is 5.71. The van der Waals surface area contributed by atoms with Crippen molar-refractivity contribution < 1.29 is 28.6 Å². The summed E-state index contributed by atoms with van der Waals surface area (Å²) in [5.41, 5.74) is 5.33. The second kappa shape index (κ2) is 13.4. The van der Waals surface area contributed by atoms with Crippen molar-refractivity contribution in [1.29, 1.82) is 0 Å². The largest absolute Gasteiger partial charge is 0.460 e. The quantitative estimate of drug-likeness (QED) is 0.208. The van der Waals surface area contributed by atoms with Crippen LogP contribution in [0.3, 0.4) is 0 Å². The van der Waals surface area contributed by atoms with Gasteiger partial charge in [-0.1, -0.05) is 18.2 Å². The first-order chi connectivity index (χ1) is 16.5. The van der Waals surface area contributed by atoms with Crippen molar-refractivity contribution in [1.82, 2.24) is 5.32 Å². The van der Waals surface area contributed by atoms with E-state index in [2.05, 4.69) is 5.32 Å². The molecular formula is C26H40Cl2N2O6. The monoisotopic (exact) mass is 546 g/mol. The number of ether oxygens (including phenoxy) is 3. The van der Waals surface area contributed by atoms with Crippen molar-refractivity contribution in [3.63, 3.8) is 0 Å². The van der Waals surface area contributed by atoms with Gasteiger partial charge in [0.1, 0.15) is 16.8 Å². The van der Waals surface area contributed by atoms with Crippen LogP contribution in [-0.4, -0.2) is 47.2 Å². The second-order valence-corrected chi connectivity index (χ2v) is 11.5. The highest BCUT2D eigenvalue weighted by Crippen LogP contribution is 2.36. The molecule has 0 bridgehead atoms. The molecule has 0 spiro atoms. The van der Waals surface area contributed by atoms with E-state index in [4.69, 9.17) is 43.1 Å². The van der Waals surface area contributed by atoms with Crippen molar-refractivity contribution in [2.45, 2.75) is 97.0 Å². The molecular weight excluding hydrogens is 507 g/mol. The van der Waals surface area contributed by atoms with Crippen molar-refractivity contribution in [3.8, 4) is 0 Å². The Morgan fingerprint density at radius 1 is 0.944 bits per heavy atom. The molecule has 36 heavy (non-hydrogen) atoms. The third-order valence-corrected chi connectivity index (χ3v) is 5.57. The van der Waals surface area contributed by atoms with Gasteiger partial charge in [-0.2, -0.15) is 0 Å². The number of nitrogens with two attached hydrogens (primary N) is 1. The maximum atomic E-state index is 12.6. The van der Waals surface area contributed by atoms with Gasteiger partial charge >= 0.3 is 18.2 Å². The molecule has 1 rings (SSSR count). The van der Waals surface area contributed by atoms with E-state index in [0.717, 1.165) is 11.1 Å². The molecule has 204 valence electrons. The lowest BCUT2D eigenvalue weighted by Gasteiger charge is -2.33. The Hall–Kier alpha value is -2.19. The zero-order chi connectivity index (χ0) is 27.7. The Bertz CT molecular complexity index is 873. The smallest absolute Gasteiger partial charge is 0.407 e. The number of benzene rings is 1. The van der Waals surface area contributed by atoms with Crippen LogP contribution < -0.4 is 11.1 Å². The summed E-state index contributed by atoms with van der Waals surface area (Å²) in [7, 11) is 0. The van der Waals surface area contributed by atoms with Gasteiger partial charge in [0, 0.05) is 30.6 Å². The summed E-state index contributed by atoms with van der Waals surface area (Å²) in [4.78, 5) is 36.9. The number of aryl methyl sites for hydroxylation is 1. The second-order valence-electron chi connectivity index (χ2n) is 10.8. The van der Waals surface area contributed by atoms with Crippen LogP contribution in [0.1, 0.15) is 77.5 Å². The molecule has 10 heteroatoms. The van der Waals surface area contributed by atoms with Crippen molar-refractivity contribution in [2.24, 2.45) is 5.73 Å². The highest BCUT2D eigenvalue weighted by molar-refractivity contribution is 6.18. The van der Waals surface area contributed by atoms with E-state index in [-0.39, 0.29) is 18.2 Å². The first kappa shape index (κ1) is 31.8. The number of alkyl halides is 2. The Kier molecular flexibility index (Phi) is 11.8. The predicted molar refractivity (Wildman–Crippen MR) is 142 cm³/mol. The van der Waals surface area contributed by atoms with Crippen molar-refractivity contribution in [2.75, 3.05) is 11.8 Å². The van der Waals surface area contributed by atoms with Gasteiger partial charge in [-0.05, 0) is 71.6 Å². The van der Waals surface area contributed by atoms with E-state index >= 15 is 0 Å². The fourth-order valence-electron chi connectivity index (χ4n) is 3.75. The Morgan fingerprint density at radius 2 is 1.50 bits per heavy atom. The molecule has 0 aromatic heterocycles. The molecule has 0 aliphatic rings. The highest BCUT2D eigenvalue weighted by Gasteiger charge is 2.36. The van der Waals surface area contributed by atoms with Gasteiger partial charge < -0.3 is 25.3 Å². The fraction of sp³-hybridized carbons (Fsp3) is 0.654. The maximum absolute atomic E-state index is 12.6. The van der Waals surface area contributed by atoms with Crippen LogP contribution in [0.5, 0.6) is 0 Å². The topological polar surface area (TPSA) is 117 Å². The van der Waals surface area contributed by atoms with Crippen LogP contribution in [0.2, 0.25) is 0 Å². The molecule has 0 aliphatic carbocycles. The normalized spacial score (nSPS) is 13.0. The van der Waals surface area contributed by atoms with Crippen LogP contribution in [0.4, 0.5) is 9.59 Å². The van der Waals surface area contributed by atoms with Gasteiger partial charge in [-0.3, -0.25) is 4.79 Å². The van der Waals surface area contributed by atoms with Gasteiger partial charge in [0.25, 0.3) is 0 Å². The van der Waals surface area contributed by atoms with Crippen LogP contribution in [0, 0.1) is 6.92 Å². The number of halogens is 2. The SMILES string of the molecule is Cc1ccc(C(CCCl)(CCCl)OC(N)=O)cc1C[C@@H](CC(=O)OC(C)(C)C)NC(=O)OC(C)(C)C. The third kappa shape index (κ3) is 11.2. The Labute approximate surface area is 224 Å². The summed E-state index contributed by atoms with van der Waals surface area (Å²) >= 11 is 12.1. The minimum absolute atomic E-state index is 0.0630. The lowest BCUT2D eigenvalue weighted by molar-refractivity contribution is -0.155. The van der Waals surface area contributed by atoms with E-state index in [1.54, 1.807) is 41.5 Å². The molecule has 3 N–H and O–H groups in total. The number of rotatable bonds is 11. The van der Waals surface area contributed by atoms with Gasteiger partial charge in [0.05, 0.1) is 6.42 Å². The maximum Gasteiger partial charge on any atom is 0.407 e. The molecule has 0 heterocycles. The summed E-state index contributed by atoms with van der Waals surface area (Å²) in [5, 5.41) is 2.80. The number of carbonyl (C=O) groups excluding carboxylic acids is 3. The molecule has 8 nitrogen and oxygen atoms in total. The minimum Gasteiger partial charge on any atom is -0.460 e. The number of carbonyl (C=O) groups is 3. The van der Waals surface area contributed by atoms with Crippen molar-refractivity contribution in [3.05, 3.63) is 34.9 Å². The van der Waals surface area contributed by atoms with E-state index in [1.807, 2.05) is 25.1 Å². The zero-order valence-electron chi connectivity index (χ0n) is 22.3. The molecule has 0 unspecified atom stereocenters. The summed E-state index contributed by atoms with van der Waals surface area (Å²) in [6, 6.07) is 4.97. The number of nitrogens with one attached hydrogen (secondary N) is 1. The number of amides is 2. The summed E-state index contributed by atoms with van der Waals surface area (Å²) in [5.74, 6) is -0.0167. The number of alkyl carbamates (subject to hydrolysis) is 1. The van der Waals surface area contributed by atoms with Gasteiger partial charge in [-0.15, -0.1) is 23.2 Å². The molecule has 0 saturated heterocycles. The molecule has 0 aliphatic heterocycles. The third-order valence-electron chi connectivity index (χ3n) is 5.19. The summed E-state index contributed by atoms with van der Waals surface area (Å²) in [6.07, 6.45) is -0.713. The fourth-order valence-corrected chi connectivity index (χ4v) is 4.36. The molecule has 1 atom stereocenters. The number of hydrogen-bond acceptors (Lipinski definition) is 6. The first-order valence-electron chi connectivity index (χ1n) is 11.9. The number of hydrogen-bond donors (Lipinski definition) is 2. The van der Waals surface area contributed by atoms with Gasteiger partial charge in [-0.25, -0.2) is 9.59 Å². The molecule has 1 aromatic carbocycles. The van der Waals surface area contributed by atoms with E-state index in [1.165, 1.54) is 0 Å². The zero-order valence-corrected chi connectivity index (χ0v) is 23.8. The summed E-state index contributed by atoms with van der Waals surface area (Å²) in [6.45, 7) is 12.5. The van der Waals surface area contributed by atoms with Gasteiger partial charge in [0.2, 0.25) is 0 Å². The average Bonchev–Trinajstić information content (AvgIpc) is 2.66. The van der Waals surface area contributed by atoms with Crippen LogP contribution in [-0.2, 0) is 31.0 Å². The molecule has 0 fully saturated rings. The lowest BCUT2D eigenvalue weighted by atomic mass is 9.85. The Balaban J connectivity index is 3.37. The lowest BCUT2D eigenvalue weighted by Crippen LogP contribution is -2.42. The van der Waals surface area contributed by atoms with E-state index in [9.17, 15) is 14.4 Å². The number of esters is 1. The average molecular weight is 548 g/mol. The Morgan fingerprint density at radius 3 is 1.97 bits per heavy atom. The minimum atomic E-state index is -1.10. The molecule has 2 amide bonds. The van der Waals surface area contributed by atoms with E-state index in [0.29, 0.717) is 24.8 Å². The van der Waals surface area contributed by atoms with Crippen LogP contribution >= 0.6 is 23.2 Å². The number of primary amides is 1. The first-order valence-corrected chi connectivity index (χ1v) is 13.0. The highest BCUT2D eigenvalue weighted by atomic mass is 35.5. The molecule has 0 saturated carbocycles. The van der Waals surface area contributed by atoms with Crippen LogP contribution in [0.25, 0.3) is 0 Å². The molecule has 0 radical (unpaired) electrons. The van der Waals surface area contributed by atoms with E-state index < -0.39 is 41.0 Å². The standard InChI is InChI=1S/C26H40Cl2N2O6/c1-17-8-9-19(26(10-12-27,11-13-28)35-22(29)32)14-18(17)15-20(16-21(31)34-24(2,3)4)30-23(33)36-25(5,6)7/h8-9,14,20H,10-13,15-16H2,1-7H3,(H2,29,32)(H,30,33)/t20-/m0/s1. The van der Waals surface area contributed by atoms with Crippen LogP contribution in [0.15, 0.2) is 18.2 Å².